The van der Waals surface area contributed by atoms with E-state index in [1.54, 1.807) is 0 Å². The van der Waals surface area contributed by atoms with Crippen LogP contribution in [-0.2, 0) is 11.3 Å². The first-order valence-electron chi connectivity index (χ1n) is 6.45. The second kappa shape index (κ2) is 5.85. The van der Waals surface area contributed by atoms with Crippen molar-refractivity contribution in [2.75, 3.05) is 18.6 Å². The standard InChI is InChI=1S/C13H20ClN3O/c1-4-18-8-12-15-11(14)7-13(16-12)17(3)9(2)10-5-6-10/h7,9-10H,4-6,8H2,1-3H3. The van der Waals surface area contributed by atoms with Crippen LogP contribution in [0.1, 0.15) is 32.5 Å². The highest BCUT2D eigenvalue weighted by atomic mass is 35.5. The van der Waals surface area contributed by atoms with E-state index in [0.717, 1.165) is 11.7 Å². The Bertz CT molecular complexity index is 409. The molecule has 0 bridgehead atoms. The molecular weight excluding hydrogens is 250 g/mol. The summed E-state index contributed by atoms with van der Waals surface area (Å²) >= 11 is 6.04. The summed E-state index contributed by atoms with van der Waals surface area (Å²) in [6, 6.07) is 2.31. The van der Waals surface area contributed by atoms with Crippen LogP contribution in [0.3, 0.4) is 0 Å². The van der Waals surface area contributed by atoms with Gasteiger partial charge in [0.25, 0.3) is 0 Å². The van der Waals surface area contributed by atoms with E-state index < -0.39 is 0 Å². The fraction of sp³-hybridized carbons (Fsp3) is 0.692. The van der Waals surface area contributed by atoms with Gasteiger partial charge in [0, 0.05) is 25.8 Å². The van der Waals surface area contributed by atoms with Crippen molar-refractivity contribution in [2.24, 2.45) is 5.92 Å². The van der Waals surface area contributed by atoms with Gasteiger partial charge in [-0.15, -0.1) is 0 Å². The van der Waals surface area contributed by atoms with Crippen molar-refractivity contribution in [1.82, 2.24) is 9.97 Å². The van der Waals surface area contributed by atoms with Gasteiger partial charge in [-0.05, 0) is 32.6 Å². The molecule has 1 aromatic rings. The molecule has 1 saturated carbocycles. The number of aromatic nitrogens is 2. The van der Waals surface area contributed by atoms with Crippen molar-refractivity contribution in [3.63, 3.8) is 0 Å². The van der Waals surface area contributed by atoms with Crippen LogP contribution >= 0.6 is 11.6 Å². The molecule has 1 aliphatic rings. The Morgan fingerprint density at radius 1 is 1.50 bits per heavy atom. The average Bonchev–Trinajstić information content (AvgIpc) is 3.18. The average molecular weight is 270 g/mol. The quantitative estimate of drug-likeness (QED) is 0.745. The van der Waals surface area contributed by atoms with E-state index in [4.69, 9.17) is 16.3 Å². The maximum atomic E-state index is 6.04. The molecule has 4 nitrogen and oxygen atoms in total. The summed E-state index contributed by atoms with van der Waals surface area (Å²) in [5, 5.41) is 0.476. The monoisotopic (exact) mass is 269 g/mol. The highest BCUT2D eigenvalue weighted by molar-refractivity contribution is 6.29. The molecule has 1 aliphatic carbocycles. The molecule has 1 aromatic heterocycles. The van der Waals surface area contributed by atoms with E-state index in [1.165, 1.54) is 12.8 Å². The summed E-state index contributed by atoms with van der Waals surface area (Å²) in [5.74, 6) is 2.32. The van der Waals surface area contributed by atoms with Crippen molar-refractivity contribution in [1.29, 1.82) is 0 Å². The summed E-state index contributed by atoms with van der Waals surface area (Å²) in [7, 11) is 2.06. The third-order valence-corrected chi connectivity index (χ3v) is 3.63. The lowest BCUT2D eigenvalue weighted by Crippen LogP contribution is -2.31. The molecule has 1 atom stereocenters. The Morgan fingerprint density at radius 3 is 2.83 bits per heavy atom. The zero-order valence-corrected chi connectivity index (χ0v) is 11.9. The fourth-order valence-corrected chi connectivity index (χ4v) is 2.19. The van der Waals surface area contributed by atoms with Gasteiger partial charge in [0.1, 0.15) is 17.6 Å². The number of ether oxygens (including phenoxy) is 1. The molecule has 0 aliphatic heterocycles. The van der Waals surface area contributed by atoms with Gasteiger partial charge in [0.15, 0.2) is 5.82 Å². The van der Waals surface area contributed by atoms with Crippen molar-refractivity contribution in [3.8, 4) is 0 Å². The Hall–Kier alpha value is -0.870. The summed E-state index contributed by atoms with van der Waals surface area (Å²) < 4.78 is 5.33. The van der Waals surface area contributed by atoms with E-state index >= 15 is 0 Å². The first kappa shape index (κ1) is 13.6. The number of hydrogen-bond donors (Lipinski definition) is 0. The van der Waals surface area contributed by atoms with Crippen molar-refractivity contribution in [3.05, 3.63) is 17.0 Å². The molecule has 100 valence electrons. The molecule has 5 heteroatoms. The highest BCUT2D eigenvalue weighted by Gasteiger charge is 2.31. The first-order chi connectivity index (χ1) is 8.61. The second-order valence-corrected chi connectivity index (χ2v) is 5.18. The van der Waals surface area contributed by atoms with Crippen LogP contribution in [-0.4, -0.2) is 29.7 Å². The summed E-state index contributed by atoms with van der Waals surface area (Å²) in [4.78, 5) is 10.9. The third kappa shape index (κ3) is 3.33. The Labute approximate surface area is 113 Å². The predicted molar refractivity (Wildman–Crippen MR) is 73.0 cm³/mol. The van der Waals surface area contributed by atoms with E-state index in [0.29, 0.717) is 30.2 Å². The van der Waals surface area contributed by atoms with E-state index in [-0.39, 0.29) is 0 Å². The zero-order valence-electron chi connectivity index (χ0n) is 11.2. The van der Waals surface area contributed by atoms with Crippen LogP contribution in [0.4, 0.5) is 5.82 Å². The molecule has 0 N–H and O–H groups in total. The van der Waals surface area contributed by atoms with Gasteiger partial charge < -0.3 is 9.64 Å². The van der Waals surface area contributed by atoms with E-state index in [1.807, 2.05) is 13.0 Å². The van der Waals surface area contributed by atoms with E-state index in [2.05, 4.69) is 28.8 Å². The normalized spacial score (nSPS) is 16.7. The summed E-state index contributed by atoms with van der Waals surface area (Å²) in [6.45, 7) is 5.25. The molecule has 2 rings (SSSR count). The number of rotatable bonds is 6. The minimum absolute atomic E-state index is 0.412. The second-order valence-electron chi connectivity index (χ2n) is 4.79. The van der Waals surface area contributed by atoms with Gasteiger partial charge in [-0.1, -0.05) is 11.6 Å². The van der Waals surface area contributed by atoms with Crippen LogP contribution < -0.4 is 4.90 Å². The van der Waals surface area contributed by atoms with Gasteiger partial charge >= 0.3 is 0 Å². The van der Waals surface area contributed by atoms with Crippen LogP contribution in [0.25, 0.3) is 0 Å². The van der Waals surface area contributed by atoms with Crippen molar-refractivity contribution in [2.45, 2.75) is 39.3 Å². The molecule has 0 radical (unpaired) electrons. The zero-order chi connectivity index (χ0) is 13.1. The van der Waals surface area contributed by atoms with Crippen LogP contribution in [0, 0.1) is 5.92 Å². The Kier molecular flexibility index (Phi) is 4.40. The van der Waals surface area contributed by atoms with Gasteiger partial charge in [-0.2, -0.15) is 0 Å². The molecule has 18 heavy (non-hydrogen) atoms. The highest BCUT2D eigenvalue weighted by Crippen LogP contribution is 2.36. The van der Waals surface area contributed by atoms with E-state index in [9.17, 15) is 0 Å². The lowest BCUT2D eigenvalue weighted by atomic mass is 10.2. The molecule has 1 fully saturated rings. The molecule has 1 unspecified atom stereocenters. The third-order valence-electron chi connectivity index (χ3n) is 3.44. The molecular formula is C13H20ClN3O. The topological polar surface area (TPSA) is 38.2 Å². The number of hydrogen-bond acceptors (Lipinski definition) is 4. The summed E-state index contributed by atoms with van der Waals surface area (Å²) in [5.41, 5.74) is 0. The molecule has 0 aromatic carbocycles. The largest absolute Gasteiger partial charge is 0.374 e. The van der Waals surface area contributed by atoms with Crippen LogP contribution in [0.5, 0.6) is 0 Å². The first-order valence-corrected chi connectivity index (χ1v) is 6.83. The van der Waals surface area contributed by atoms with Crippen molar-refractivity contribution >= 4 is 17.4 Å². The van der Waals surface area contributed by atoms with Gasteiger partial charge in [0.2, 0.25) is 0 Å². The van der Waals surface area contributed by atoms with Gasteiger partial charge in [-0.25, -0.2) is 9.97 Å². The minimum atomic E-state index is 0.412. The lowest BCUT2D eigenvalue weighted by Gasteiger charge is -2.26. The van der Waals surface area contributed by atoms with Crippen LogP contribution in [0.2, 0.25) is 5.15 Å². The van der Waals surface area contributed by atoms with Gasteiger partial charge in [-0.3, -0.25) is 0 Å². The van der Waals surface area contributed by atoms with Crippen LogP contribution in [0.15, 0.2) is 6.07 Å². The Morgan fingerprint density at radius 2 is 2.22 bits per heavy atom. The summed E-state index contributed by atoms with van der Waals surface area (Å²) in [6.07, 6.45) is 2.63. The fourth-order valence-electron chi connectivity index (χ4n) is 1.99. The number of anilines is 1. The number of nitrogens with zero attached hydrogens (tertiary/aromatic N) is 3. The lowest BCUT2D eigenvalue weighted by molar-refractivity contribution is 0.128. The number of halogens is 1. The molecule has 1 heterocycles. The Balaban J connectivity index is 2.12. The molecule has 0 saturated heterocycles. The molecule has 0 amide bonds. The smallest absolute Gasteiger partial charge is 0.158 e. The SMILES string of the molecule is CCOCc1nc(Cl)cc(N(C)C(C)C2CC2)n1. The van der Waals surface area contributed by atoms with Gasteiger partial charge in [0.05, 0.1) is 0 Å². The minimum Gasteiger partial charge on any atom is -0.374 e. The predicted octanol–water partition coefficient (Wildman–Crippen LogP) is 2.90. The maximum absolute atomic E-state index is 6.04. The van der Waals surface area contributed by atoms with Crippen molar-refractivity contribution < 1.29 is 4.74 Å². The maximum Gasteiger partial charge on any atom is 0.158 e. The molecule has 0 spiro atoms.